The largest absolute Gasteiger partial charge is 0.368 e. The van der Waals surface area contributed by atoms with Gasteiger partial charge in [0.2, 0.25) is 0 Å². The van der Waals surface area contributed by atoms with Crippen LogP contribution in [-0.4, -0.2) is 45.5 Å². The summed E-state index contributed by atoms with van der Waals surface area (Å²) >= 11 is 0. The number of ether oxygens (including phenoxy) is 1. The first kappa shape index (κ1) is 19.2. The van der Waals surface area contributed by atoms with Crippen LogP contribution in [0.2, 0.25) is 0 Å². The summed E-state index contributed by atoms with van der Waals surface area (Å²) in [6.45, 7) is 5.30. The fraction of sp³-hybridized carbons (Fsp3) is 0.304. The third-order valence-corrected chi connectivity index (χ3v) is 4.97. The normalized spacial score (nSPS) is 16.6. The van der Waals surface area contributed by atoms with E-state index >= 15 is 0 Å². The first-order chi connectivity index (χ1) is 14.1. The van der Waals surface area contributed by atoms with Gasteiger partial charge in [0.25, 0.3) is 5.91 Å². The Hall–Kier alpha value is -3.12. The Kier molecular flexibility index (Phi) is 5.62. The van der Waals surface area contributed by atoms with Crippen LogP contribution >= 0.6 is 0 Å². The molecule has 0 saturated carbocycles. The predicted octanol–water partition coefficient (Wildman–Crippen LogP) is 3.29. The lowest BCUT2D eigenvalue weighted by atomic mass is 10.0. The van der Waals surface area contributed by atoms with Crippen molar-refractivity contribution >= 4 is 5.91 Å². The summed E-state index contributed by atoms with van der Waals surface area (Å²) in [5.74, 6) is -0.122. The third-order valence-electron chi connectivity index (χ3n) is 4.97. The molecule has 3 aromatic rings. The number of morpholine rings is 1. The minimum absolute atomic E-state index is 0.122. The van der Waals surface area contributed by atoms with Gasteiger partial charge in [-0.2, -0.15) is 0 Å². The van der Waals surface area contributed by atoms with Crippen molar-refractivity contribution in [1.29, 1.82) is 0 Å². The maximum atomic E-state index is 12.8. The molecule has 0 unspecified atom stereocenters. The number of nitrogens with zero attached hydrogens (tertiary/aromatic N) is 4. The molecule has 0 bridgehead atoms. The highest BCUT2D eigenvalue weighted by molar-refractivity contribution is 5.92. The van der Waals surface area contributed by atoms with Gasteiger partial charge in [-0.25, -0.2) is 4.98 Å². The van der Waals surface area contributed by atoms with E-state index in [1.807, 2.05) is 32.0 Å². The van der Waals surface area contributed by atoms with Crippen LogP contribution in [0.4, 0.5) is 0 Å². The van der Waals surface area contributed by atoms with Crippen LogP contribution in [-0.2, 0) is 11.2 Å². The van der Waals surface area contributed by atoms with Gasteiger partial charge in [0.05, 0.1) is 30.7 Å². The highest BCUT2D eigenvalue weighted by Gasteiger charge is 2.28. The molecule has 29 heavy (non-hydrogen) atoms. The lowest BCUT2D eigenvalue weighted by Crippen LogP contribution is -2.42. The number of benzene rings is 1. The number of aromatic nitrogens is 3. The molecule has 0 aliphatic carbocycles. The molecule has 4 rings (SSSR count). The van der Waals surface area contributed by atoms with Gasteiger partial charge in [-0.1, -0.05) is 30.3 Å². The van der Waals surface area contributed by atoms with Gasteiger partial charge in [0.15, 0.2) is 0 Å². The zero-order valence-electron chi connectivity index (χ0n) is 16.7. The Morgan fingerprint density at radius 2 is 1.90 bits per heavy atom. The summed E-state index contributed by atoms with van der Waals surface area (Å²) in [5, 5.41) is 0. The molecular weight excluding hydrogens is 364 g/mol. The molecule has 0 radical (unpaired) electrons. The molecule has 3 heterocycles. The highest BCUT2D eigenvalue weighted by atomic mass is 16.5. The number of amides is 1. The molecular formula is C23H24N4O2. The van der Waals surface area contributed by atoms with Crippen molar-refractivity contribution in [1.82, 2.24) is 19.9 Å². The quantitative estimate of drug-likeness (QED) is 0.686. The predicted molar refractivity (Wildman–Crippen MR) is 110 cm³/mol. The second-order valence-electron chi connectivity index (χ2n) is 7.36. The Morgan fingerprint density at radius 3 is 2.66 bits per heavy atom. The van der Waals surface area contributed by atoms with E-state index < -0.39 is 0 Å². The van der Waals surface area contributed by atoms with Crippen LogP contribution in [0.1, 0.15) is 44.8 Å². The van der Waals surface area contributed by atoms with Gasteiger partial charge in [-0.3, -0.25) is 14.8 Å². The number of carbonyl (C=O) groups is 1. The molecule has 1 aliphatic heterocycles. The molecule has 1 amide bonds. The maximum Gasteiger partial charge on any atom is 0.274 e. The van der Waals surface area contributed by atoms with Crippen molar-refractivity contribution in [3.8, 4) is 0 Å². The Morgan fingerprint density at radius 1 is 1.07 bits per heavy atom. The number of hydrogen-bond donors (Lipinski definition) is 0. The maximum absolute atomic E-state index is 12.8. The van der Waals surface area contributed by atoms with Crippen molar-refractivity contribution in [2.45, 2.75) is 26.4 Å². The molecule has 0 N–H and O–H groups in total. The monoisotopic (exact) mass is 388 g/mol. The minimum atomic E-state index is -0.250. The number of carbonyl (C=O) groups excluding carboxylic acids is 1. The van der Waals surface area contributed by atoms with Gasteiger partial charge in [-0.15, -0.1) is 0 Å². The van der Waals surface area contributed by atoms with E-state index in [0.29, 0.717) is 25.4 Å². The van der Waals surface area contributed by atoms with Crippen LogP contribution in [0, 0.1) is 13.8 Å². The molecule has 1 saturated heterocycles. The van der Waals surface area contributed by atoms with Crippen molar-refractivity contribution in [2.24, 2.45) is 0 Å². The van der Waals surface area contributed by atoms with Crippen molar-refractivity contribution in [3.63, 3.8) is 0 Å². The van der Waals surface area contributed by atoms with E-state index in [2.05, 4.69) is 39.2 Å². The zero-order valence-corrected chi connectivity index (χ0v) is 16.7. The van der Waals surface area contributed by atoms with E-state index in [1.165, 1.54) is 17.3 Å². The lowest BCUT2D eigenvalue weighted by molar-refractivity contribution is -0.0250. The van der Waals surface area contributed by atoms with Crippen LogP contribution in [0.5, 0.6) is 0 Å². The van der Waals surface area contributed by atoms with Crippen LogP contribution in [0.25, 0.3) is 0 Å². The molecule has 1 fully saturated rings. The molecule has 0 spiro atoms. The fourth-order valence-electron chi connectivity index (χ4n) is 3.54. The lowest BCUT2D eigenvalue weighted by Gasteiger charge is -2.32. The van der Waals surface area contributed by atoms with Gasteiger partial charge in [-0.05, 0) is 43.5 Å². The first-order valence-electron chi connectivity index (χ1n) is 9.79. The number of pyridine rings is 1. The Balaban J connectivity index is 1.52. The van der Waals surface area contributed by atoms with E-state index in [4.69, 9.17) is 4.74 Å². The third kappa shape index (κ3) is 4.66. The van der Waals surface area contributed by atoms with E-state index in [1.54, 1.807) is 11.1 Å². The SMILES string of the molecule is Cc1cnc(C(=O)N2CCO[C@H](c3cc(Cc4ccccc4)cc(C)n3)C2)cn1. The molecule has 1 atom stereocenters. The summed E-state index contributed by atoms with van der Waals surface area (Å²) in [6.07, 6.45) is 3.74. The second kappa shape index (κ2) is 8.49. The topological polar surface area (TPSA) is 68.2 Å². The van der Waals surface area contributed by atoms with E-state index in [9.17, 15) is 4.79 Å². The summed E-state index contributed by atoms with van der Waals surface area (Å²) in [5.41, 5.74) is 5.40. The average Bonchev–Trinajstić information content (AvgIpc) is 2.74. The van der Waals surface area contributed by atoms with Crippen LogP contribution in [0.3, 0.4) is 0 Å². The second-order valence-corrected chi connectivity index (χ2v) is 7.36. The van der Waals surface area contributed by atoms with Gasteiger partial charge in [0.1, 0.15) is 11.8 Å². The van der Waals surface area contributed by atoms with Crippen molar-refractivity contribution in [3.05, 3.63) is 88.8 Å². The summed E-state index contributed by atoms with van der Waals surface area (Å²) < 4.78 is 5.97. The van der Waals surface area contributed by atoms with E-state index in [0.717, 1.165) is 23.5 Å². The van der Waals surface area contributed by atoms with E-state index in [-0.39, 0.29) is 12.0 Å². The van der Waals surface area contributed by atoms with Crippen molar-refractivity contribution in [2.75, 3.05) is 19.7 Å². The fourth-order valence-corrected chi connectivity index (χ4v) is 3.54. The van der Waals surface area contributed by atoms with Crippen LogP contribution in [0.15, 0.2) is 54.9 Å². The number of aryl methyl sites for hydroxylation is 2. The number of hydrogen-bond acceptors (Lipinski definition) is 5. The molecule has 1 aliphatic rings. The first-order valence-corrected chi connectivity index (χ1v) is 9.79. The molecule has 2 aromatic heterocycles. The highest BCUT2D eigenvalue weighted by Crippen LogP contribution is 2.24. The molecule has 6 nitrogen and oxygen atoms in total. The Bertz CT molecular complexity index is 990. The number of rotatable bonds is 4. The summed E-state index contributed by atoms with van der Waals surface area (Å²) in [6, 6.07) is 14.5. The smallest absolute Gasteiger partial charge is 0.274 e. The average molecular weight is 388 g/mol. The van der Waals surface area contributed by atoms with Gasteiger partial charge >= 0.3 is 0 Å². The minimum Gasteiger partial charge on any atom is -0.368 e. The molecule has 6 heteroatoms. The summed E-state index contributed by atoms with van der Waals surface area (Å²) in [4.78, 5) is 27.7. The summed E-state index contributed by atoms with van der Waals surface area (Å²) in [7, 11) is 0. The Labute approximate surface area is 170 Å². The zero-order chi connectivity index (χ0) is 20.2. The molecule has 1 aromatic carbocycles. The van der Waals surface area contributed by atoms with Crippen molar-refractivity contribution < 1.29 is 9.53 Å². The van der Waals surface area contributed by atoms with Gasteiger partial charge in [0, 0.05) is 18.4 Å². The standard InChI is InChI=1S/C23H24N4O2/c1-16-10-19(11-18-6-4-3-5-7-18)12-20(26-16)22-15-27(8-9-29-22)23(28)21-14-24-17(2)13-25-21/h3-7,10,12-14,22H,8-9,11,15H2,1-2H3/t22-/m0/s1. The molecule has 148 valence electrons. The van der Waals surface area contributed by atoms with Gasteiger partial charge < -0.3 is 9.64 Å². The van der Waals surface area contributed by atoms with Crippen LogP contribution < -0.4 is 0 Å².